The molecule has 2 saturated carbocycles. The first-order valence-corrected chi connectivity index (χ1v) is 8.27. The second-order valence-corrected chi connectivity index (χ2v) is 7.57. The molecule has 0 aromatic rings. The molecule has 5 heteroatoms. The van der Waals surface area contributed by atoms with Gasteiger partial charge in [0.2, 0.25) is 5.91 Å². The molecule has 118 valence electrons. The molecule has 21 heavy (non-hydrogen) atoms. The van der Waals surface area contributed by atoms with Crippen LogP contribution < -0.4 is 5.73 Å². The molecule has 1 heterocycles. The smallest absolute Gasteiger partial charge is 0.222 e. The molecular weight excluding hydrogens is 266 g/mol. The summed E-state index contributed by atoms with van der Waals surface area (Å²) in [6.45, 7) is 3.47. The molecule has 0 spiro atoms. The molecule has 2 bridgehead atoms. The number of likely N-dealkylation sites (tertiary alicyclic amines) is 1. The van der Waals surface area contributed by atoms with Crippen molar-refractivity contribution in [1.82, 2.24) is 4.90 Å². The van der Waals surface area contributed by atoms with Gasteiger partial charge in [-0.15, -0.1) is 0 Å². The van der Waals surface area contributed by atoms with E-state index in [1.807, 2.05) is 11.8 Å². The van der Waals surface area contributed by atoms with E-state index in [-0.39, 0.29) is 5.41 Å². The number of fused-ring (bicyclic) bond motifs is 2. The Labute approximate surface area is 126 Å². The van der Waals surface area contributed by atoms with Crippen LogP contribution in [-0.2, 0) is 4.79 Å². The lowest BCUT2D eigenvalue weighted by Crippen LogP contribution is -2.47. The second-order valence-electron chi connectivity index (χ2n) is 7.57. The summed E-state index contributed by atoms with van der Waals surface area (Å²) in [6, 6.07) is 0. The third-order valence-corrected chi connectivity index (χ3v) is 6.27. The van der Waals surface area contributed by atoms with Crippen LogP contribution in [0.4, 0.5) is 0 Å². The summed E-state index contributed by atoms with van der Waals surface area (Å²) in [4.78, 5) is 14.5. The van der Waals surface area contributed by atoms with Gasteiger partial charge in [0, 0.05) is 24.9 Å². The van der Waals surface area contributed by atoms with Crippen LogP contribution in [-0.4, -0.2) is 34.9 Å². The first kappa shape index (κ1) is 14.7. The number of rotatable bonds is 3. The Morgan fingerprint density at radius 2 is 2.05 bits per heavy atom. The van der Waals surface area contributed by atoms with Crippen LogP contribution in [0.25, 0.3) is 0 Å². The monoisotopic (exact) mass is 293 g/mol. The van der Waals surface area contributed by atoms with Gasteiger partial charge in [0.15, 0.2) is 0 Å². The number of piperidine rings is 1. The molecule has 1 aliphatic heterocycles. The third kappa shape index (κ3) is 2.74. The lowest BCUT2D eigenvalue weighted by atomic mass is 9.79. The van der Waals surface area contributed by atoms with Crippen molar-refractivity contribution in [2.75, 3.05) is 13.1 Å². The first-order chi connectivity index (χ1) is 10.0. The van der Waals surface area contributed by atoms with Gasteiger partial charge < -0.3 is 15.8 Å². The number of hydrogen-bond acceptors (Lipinski definition) is 3. The predicted molar refractivity (Wildman–Crippen MR) is 80.9 cm³/mol. The molecule has 3 atom stereocenters. The number of oxime groups is 1. The zero-order valence-electron chi connectivity index (χ0n) is 12.9. The van der Waals surface area contributed by atoms with Crippen LogP contribution in [0.5, 0.6) is 0 Å². The van der Waals surface area contributed by atoms with Crippen LogP contribution >= 0.6 is 0 Å². The summed E-state index contributed by atoms with van der Waals surface area (Å²) in [6.07, 6.45) is 7.66. The fourth-order valence-corrected chi connectivity index (χ4v) is 4.61. The van der Waals surface area contributed by atoms with Crippen molar-refractivity contribution in [3.63, 3.8) is 0 Å². The van der Waals surface area contributed by atoms with E-state index < -0.39 is 0 Å². The average molecular weight is 293 g/mol. The minimum Gasteiger partial charge on any atom is -0.409 e. The topological polar surface area (TPSA) is 78.9 Å². The summed E-state index contributed by atoms with van der Waals surface area (Å²) in [5, 5.41) is 12.0. The number of nitrogens with zero attached hydrogens (tertiary/aromatic N) is 2. The highest BCUT2D eigenvalue weighted by molar-refractivity contribution is 5.86. The molecule has 3 N–H and O–H groups in total. The maximum atomic E-state index is 12.5. The Morgan fingerprint density at radius 3 is 2.57 bits per heavy atom. The zero-order chi connectivity index (χ0) is 15.0. The number of carbonyl (C=O) groups excluding carboxylic acids is 1. The summed E-state index contributed by atoms with van der Waals surface area (Å²) in [5.74, 6) is 2.95. The van der Waals surface area contributed by atoms with Gasteiger partial charge in [0.05, 0.1) is 0 Å². The molecule has 1 saturated heterocycles. The van der Waals surface area contributed by atoms with Gasteiger partial charge in [-0.05, 0) is 49.9 Å². The Kier molecular flexibility index (Phi) is 3.84. The fourth-order valence-electron chi connectivity index (χ4n) is 4.61. The zero-order valence-corrected chi connectivity index (χ0v) is 12.9. The molecule has 3 unspecified atom stereocenters. The van der Waals surface area contributed by atoms with Gasteiger partial charge in [0.1, 0.15) is 5.84 Å². The summed E-state index contributed by atoms with van der Waals surface area (Å²) < 4.78 is 0. The van der Waals surface area contributed by atoms with E-state index in [9.17, 15) is 4.79 Å². The molecule has 3 fully saturated rings. The second kappa shape index (κ2) is 5.50. The van der Waals surface area contributed by atoms with E-state index in [2.05, 4.69) is 5.16 Å². The highest BCUT2D eigenvalue weighted by Crippen LogP contribution is 2.49. The minimum atomic E-state index is -0.266. The predicted octanol–water partition coefficient (Wildman–Crippen LogP) is 2.19. The van der Waals surface area contributed by atoms with E-state index >= 15 is 0 Å². The van der Waals surface area contributed by atoms with Gasteiger partial charge in [-0.3, -0.25) is 4.79 Å². The number of amides is 1. The van der Waals surface area contributed by atoms with Crippen LogP contribution in [0.1, 0.15) is 51.9 Å². The standard InChI is InChI=1S/C16H27N3O2/c1-16(15(17)18-21)4-6-19(7-5-16)14(20)10-13-9-11-2-3-12(13)8-11/h11-13,21H,2-10H2,1H3,(H2,17,18). The largest absolute Gasteiger partial charge is 0.409 e. The SMILES string of the molecule is CC1(C(N)=NO)CCN(C(=O)CC2CC3CCC2C3)CC1. The van der Waals surface area contributed by atoms with E-state index in [0.29, 0.717) is 17.7 Å². The van der Waals surface area contributed by atoms with Crippen molar-refractivity contribution in [1.29, 1.82) is 0 Å². The maximum Gasteiger partial charge on any atom is 0.222 e. The summed E-state index contributed by atoms with van der Waals surface area (Å²) in [5.41, 5.74) is 5.51. The van der Waals surface area contributed by atoms with Crippen LogP contribution in [0, 0.1) is 23.2 Å². The normalized spacial score (nSPS) is 35.2. The summed E-state index contributed by atoms with van der Waals surface area (Å²) in [7, 11) is 0. The molecular formula is C16H27N3O2. The summed E-state index contributed by atoms with van der Waals surface area (Å²) >= 11 is 0. The lowest BCUT2D eigenvalue weighted by Gasteiger charge is -2.39. The third-order valence-electron chi connectivity index (χ3n) is 6.27. The highest BCUT2D eigenvalue weighted by Gasteiger charge is 2.41. The van der Waals surface area contributed by atoms with E-state index in [1.165, 1.54) is 25.7 Å². The molecule has 3 aliphatic rings. The van der Waals surface area contributed by atoms with Gasteiger partial charge in [-0.1, -0.05) is 18.5 Å². The van der Waals surface area contributed by atoms with Crippen molar-refractivity contribution >= 4 is 11.7 Å². The maximum absolute atomic E-state index is 12.5. The van der Waals surface area contributed by atoms with Gasteiger partial charge >= 0.3 is 0 Å². The number of nitrogens with two attached hydrogens (primary N) is 1. The Morgan fingerprint density at radius 1 is 1.33 bits per heavy atom. The number of amidine groups is 1. The molecule has 3 rings (SSSR count). The highest BCUT2D eigenvalue weighted by atomic mass is 16.4. The number of carbonyl (C=O) groups is 1. The quantitative estimate of drug-likeness (QED) is 0.362. The van der Waals surface area contributed by atoms with Gasteiger partial charge in [-0.2, -0.15) is 0 Å². The van der Waals surface area contributed by atoms with Crippen molar-refractivity contribution in [3.8, 4) is 0 Å². The van der Waals surface area contributed by atoms with Crippen LogP contribution in [0.15, 0.2) is 5.16 Å². The fraction of sp³-hybridized carbons (Fsp3) is 0.875. The van der Waals surface area contributed by atoms with E-state index in [0.717, 1.165) is 44.2 Å². The van der Waals surface area contributed by atoms with E-state index in [4.69, 9.17) is 10.9 Å². The molecule has 0 aromatic carbocycles. The van der Waals surface area contributed by atoms with Crippen molar-refractivity contribution in [2.45, 2.75) is 51.9 Å². The first-order valence-electron chi connectivity index (χ1n) is 8.27. The molecule has 0 radical (unpaired) electrons. The van der Waals surface area contributed by atoms with Crippen LogP contribution in [0.3, 0.4) is 0 Å². The Balaban J connectivity index is 1.51. The van der Waals surface area contributed by atoms with Gasteiger partial charge in [-0.25, -0.2) is 0 Å². The Hall–Kier alpha value is -1.26. The van der Waals surface area contributed by atoms with Crippen LogP contribution in [0.2, 0.25) is 0 Å². The van der Waals surface area contributed by atoms with Crippen molar-refractivity contribution in [3.05, 3.63) is 0 Å². The minimum absolute atomic E-state index is 0.266. The van der Waals surface area contributed by atoms with E-state index in [1.54, 1.807) is 0 Å². The molecule has 0 aromatic heterocycles. The Bertz CT molecular complexity index is 441. The van der Waals surface area contributed by atoms with Crippen molar-refractivity contribution < 1.29 is 10.0 Å². The van der Waals surface area contributed by atoms with Crippen molar-refractivity contribution in [2.24, 2.45) is 34.1 Å². The molecule has 2 aliphatic carbocycles. The lowest BCUT2D eigenvalue weighted by molar-refractivity contribution is -0.134. The molecule has 5 nitrogen and oxygen atoms in total. The van der Waals surface area contributed by atoms with Gasteiger partial charge in [0.25, 0.3) is 0 Å². The molecule has 1 amide bonds. The number of hydrogen-bond donors (Lipinski definition) is 2. The average Bonchev–Trinajstić information content (AvgIpc) is 3.09.